The van der Waals surface area contributed by atoms with Crippen molar-refractivity contribution in [2.24, 2.45) is 11.7 Å². The van der Waals surface area contributed by atoms with Gasteiger partial charge >= 0.3 is 0 Å². The summed E-state index contributed by atoms with van der Waals surface area (Å²) in [4.78, 5) is 2.31. The van der Waals surface area contributed by atoms with Gasteiger partial charge in [0.25, 0.3) is 0 Å². The van der Waals surface area contributed by atoms with Crippen LogP contribution in [-0.4, -0.2) is 38.3 Å². The van der Waals surface area contributed by atoms with Crippen LogP contribution in [-0.2, 0) is 4.74 Å². The zero-order valence-corrected chi connectivity index (χ0v) is 13.1. The van der Waals surface area contributed by atoms with Gasteiger partial charge in [-0.25, -0.2) is 0 Å². The fourth-order valence-electron chi connectivity index (χ4n) is 2.58. The van der Waals surface area contributed by atoms with Crippen molar-refractivity contribution in [1.29, 1.82) is 0 Å². The largest absolute Gasteiger partial charge is 0.380 e. The van der Waals surface area contributed by atoms with Gasteiger partial charge in [-0.2, -0.15) is 0 Å². The molecular weight excluding hydrogens is 248 g/mol. The van der Waals surface area contributed by atoms with E-state index in [1.54, 1.807) is 0 Å². The summed E-state index contributed by atoms with van der Waals surface area (Å²) in [5, 5.41) is 0. The molecule has 0 heterocycles. The predicted octanol–water partition coefficient (Wildman–Crippen LogP) is 2.66. The summed E-state index contributed by atoms with van der Waals surface area (Å²) in [6.45, 7) is 7.65. The van der Waals surface area contributed by atoms with Crippen LogP contribution in [0.2, 0.25) is 0 Å². The first-order valence-electron chi connectivity index (χ1n) is 7.67. The van der Waals surface area contributed by atoms with Crippen molar-refractivity contribution in [1.82, 2.24) is 4.90 Å². The molecule has 1 aromatic carbocycles. The van der Waals surface area contributed by atoms with E-state index < -0.39 is 0 Å². The number of hydrogen-bond donors (Lipinski definition) is 1. The number of nitrogens with zero attached hydrogens (tertiary/aromatic N) is 1. The lowest BCUT2D eigenvalue weighted by atomic mass is 9.96. The Kier molecular flexibility index (Phi) is 5.58. The van der Waals surface area contributed by atoms with Gasteiger partial charge in [0.1, 0.15) is 0 Å². The number of likely N-dealkylation sites (N-methyl/N-ethyl adjacent to an activating group) is 1. The number of hydrogen-bond acceptors (Lipinski definition) is 3. The van der Waals surface area contributed by atoms with Crippen LogP contribution in [0, 0.1) is 19.8 Å². The van der Waals surface area contributed by atoms with E-state index in [-0.39, 0.29) is 6.04 Å². The van der Waals surface area contributed by atoms with Crippen LogP contribution < -0.4 is 5.73 Å². The Hall–Kier alpha value is -0.900. The highest BCUT2D eigenvalue weighted by Crippen LogP contribution is 2.29. The molecule has 1 fully saturated rings. The zero-order chi connectivity index (χ0) is 14.5. The number of rotatable bonds is 8. The summed E-state index contributed by atoms with van der Waals surface area (Å²) >= 11 is 0. The average molecular weight is 276 g/mol. The third-order valence-electron chi connectivity index (χ3n) is 4.40. The second kappa shape index (κ2) is 7.21. The minimum Gasteiger partial charge on any atom is -0.380 e. The smallest absolute Gasteiger partial charge is 0.0593 e. The highest BCUT2D eigenvalue weighted by atomic mass is 16.5. The molecule has 1 atom stereocenters. The minimum atomic E-state index is 0.277. The molecular formula is C17H28N2O. The second-order valence-corrected chi connectivity index (χ2v) is 6.04. The maximum Gasteiger partial charge on any atom is 0.0593 e. The maximum absolute atomic E-state index is 6.00. The summed E-state index contributed by atoms with van der Waals surface area (Å²) in [5.74, 6) is 0.838. The minimum absolute atomic E-state index is 0.277. The molecule has 0 saturated heterocycles. The molecule has 0 spiro atoms. The average Bonchev–Trinajstić information content (AvgIpc) is 3.24. The lowest BCUT2D eigenvalue weighted by Gasteiger charge is -2.29. The van der Waals surface area contributed by atoms with Crippen LogP contribution in [0.25, 0.3) is 0 Å². The van der Waals surface area contributed by atoms with Crippen molar-refractivity contribution in [3.05, 3.63) is 34.9 Å². The third kappa shape index (κ3) is 4.05. The van der Waals surface area contributed by atoms with Crippen LogP contribution >= 0.6 is 0 Å². The molecule has 1 saturated carbocycles. The molecule has 112 valence electrons. The van der Waals surface area contributed by atoms with E-state index in [4.69, 9.17) is 10.5 Å². The van der Waals surface area contributed by atoms with Crippen molar-refractivity contribution in [2.75, 3.05) is 33.4 Å². The molecule has 0 aliphatic heterocycles. The van der Waals surface area contributed by atoms with E-state index >= 15 is 0 Å². The molecule has 1 aromatic rings. The van der Waals surface area contributed by atoms with E-state index in [1.807, 2.05) is 0 Å². The van der Waals surface area contributed by atoms with E-state index in [0.29, 0.717) is 6.54 Å². The Morgan fingerprint density at radius 3 is 2.75 bits per heavy atom. The van der Waals surface area contributed by atoms with Gasteiger partial charge in [0.05, 0.1) is 6.61 Å². The second-order valence-electron chi connectivity index (χ2n) is 6.04. The van der Waals surface area contributed by atoms with Gasteiger partial charge in [0, 0.05) is 25.7 Å². The molecule has 1 aliphatic carbocycles. The number of nitrogens with two attached hydrogens (primary N) is 1. The van der Waals surface area contributed by atoms with Crippen molar-refractivity contribution >= 4 is 0 Å². The van der Waals surface area contributed by atoms with Gasteiger partial charge in [-0.1, -0.05) is 18.2 Å². The Bertz CT molecular complexity index is 429. The van der Waals surface area contributed by atoms with Crippen molar-refractivity contribution in [2.45, 2.75) is 32.7 Å². The van der Waals surface area contributed by atoms with Crippen LogP contribution in [0.15, 0.2) is 18.2 Å². The van der Waals surface area contributed by atoms with Gasteiger partial charge in [-0.3, -0.25) is 4.90 Å². The quantitative estimate of drug-likeness (QED) is 0.742. The Balaban J connectivity index is 1.90. The van der Waals surface area contributed by atoms with Crippen molar-refractivity contribution in [3.8, 4) is 0 Å². The summed E-state index contributed by atoms with van der Waals surface area (Å²) in [7, 11) is 2.14. The third-order valence-corrected chi connectivity index (χ3v) is 4.40. The van der Waals surface area contributed by atoms with Gasteiger partial charge in [-0.15, -0.1) is 0 Å². The molecule has 1 aliphatic rings. The first-order valence-corrected chi connectivity index (χ1v) is 7.67. The molecule has 2 N–H and O–H groups in total. The molecule has 0 amide bonds. The molecule has 0 radical (unpaired) electrons. The van der Waals surface area contributed by atoms with Gasteiger partial charge in [0.2, 0.25) is 0 Å². The SMILES string of the molecule is Cc1cccc(C(CN)N(C)CCOCC2CC2)c1C. The Morgan fingerprint density at radius 1 is 1.35 bits per heavy atom. The summed E-state index contributed by atoms with van der Waals surface area (Å²) in [6.07, 6.45) is 2.70. The van der Waals surface area contributed by atoms with E-state index in [1.165, 1.54) is 29.5 Å². The van der Waals surface area contributed by atoms with E-state index in [9.17, 15) is 0 Å². The normalized spacial score (nSPS) is 16.6. The van der Waals surface area contributed by atoms with Crippen molar-refractivity contribution < 1.29 is 4.74 Å². The van der Waals surface area contributed by atoms with Gasteiger partial charge in [0.15, 0.2) is 0 Å². The number of ether oxygens (including phenoxy) is 1. The highest BCUT2D eigenvalue weighted by molar-refractivity contribution is 5.35. The number of benzene rings is 1. The molecule has 3 nitrogen and oxygen atoms in total. The Labute approximate surface area is 123 Å². The molecule has 0 bridgehead atoms. The lowest BCUT2D eigenvalue weighted by molar-refractivity contribution is 0.0921. The molecule has 2 rings (SSSR count). The zero-order valence-electron chi connectivity index (χ0n) is 13.1. The molecule has 20 heavy (non-hydrogen) atoms. The molecule has 0 aromatic heterocycles. The molecule has 3 heteroatoms. The van der Waals surface area contributed by atoms with Crippen LogP contribution in [0.1, 0.15) is 35.6 Å². The van der Waals surface area contributed by atoms with Crippen LogP contribution in [0.4, 0.5) is 0 Å². The summed E-state index contributed by atoms with van der Waals surface area (Å²) in [6, 6.07) is 6.75. The summed E-state index contributed by atoms with van der Waals surface area (Å²) in [5.41, 5.74) is 10.0. The lowest BCUT2D eigenvalue weighted by Crippen LogP contribution is -2.33. The molecule has 1 unspecified atom stereocenters. The Morgan fingerprint density at radius 2 is 2.10 bits per heavy atom. The van der Waals surface area contributed by atoms with Crippen LogP contribution in [0.3, 0.4) is 0 Å². The standard InChI is InChI=1S/C17H28N2O/c1-13-5-4-6-16(14(13)2)17(11-18)19(3)9-10-20-12-15-7-8-15/h4-6,15,17H,7-12,18H2,1-3H3. The number of aryl methyl sites for hydroxylation is 1. The first kappa shape index (κ1) is 15.5. The van der Waals surface area contributed by atoms with Gasteiger partial charge in [-0.05, 0) is 56.3 Å². The van der Waals surface area contributed by atoms with Gasteiger partial charge < -0.3 is 10.5 Å². The fourth-order valence-corrected chi connectivity index (χ4v) is 2.58. The first-order chi connectivity index (χ1) is 9.63. The fraction of sp³-hybridized carbons (Fsp3) is 0.647. The predicted molar refractivity (Wildman–Crippen MR) is 83.9 cm³/mol. The monoisotopic (exact) mass is 276 g/mol. The topological polar surface area (TPSA) is 38.5 Å². The van der Waals surface area contributed by atoms with Crippen LogP contribution in [0.5, 0.6) is 0 Å². The summed E-state index contributed by atoms with van der Waals surface area (Å²) < 4.78 is 5.73. The van der Waals surface area contributed by atoms with Crippen molar-refractivity contribution in [3.63, 3.8) is 0 Å². The highest BCUT2D eigenvalue weighted by Gasteiger charge is 2.22. The van der Waals surface area contributed by atoms with E-state index in [2.05, 4.69) is 44.0 Å². The maximum atomic E-state index is 6.00. The van der Waals surface area contributed by atoms with E-state index in [0.717, 1.165) is 25.7 Å².